The molecule has 1 aliphatic rings. The molecule has 0 atom stereocenters. The second kappa shape index (κ2) is 9.38. The number of quaternary nitrogens is 1. The molecule has 1 aromatic carbocycles. The van der Waals surface area contributed by atoms with Crippen molar-refractivity contribution in [2.24, 2.45) is 0 Å². The molecule has 0 saturated carbocycles. The van der Waals surface area contributed by atoms with Crippen LogP contribution < -0.4 is 10.2 Å². The minimum absolute atomic E-state index is 0.00307. The zero-order chi connectivity index (χ0) is 20.8. The summed E-state index contributed by atoms with van der Waals surface area (Å²) < 4.78 is 5.16. The number of rotatable bonds is 6. The van der Waals surface area contributed by atoms with Gasteiger partial charge in [0.15, 0.2) is 12.3 Å². The second-order valence-corrected chi connectivity index (χ2v) is 7.36. The average molecular weight is 399 g/mol. The Kier molecular flexibility index (Phi) is 6.66. The lowest BCUT2D eigenvalue weighted by atomic mass is 10.2. The summed E-state index contributed by atoms with van der Waals surface area (Å²) >= 11 is 0. The standard InChI is InChI=1S/C21H26N4O4/c1-16-5-7-17(8-6-16)22-19(26)14-23(2)20(27)15-24-9-11-25(12-10-24)21(28)18-4-3-13-29-18/h3-8,13H,9-12,14-15H2,1-2H3,(H,22,26)/p+1. The molecular weight excluding hydrogens is 372 g/mol. The van der Waals surface area contributed by atoms with E-state index in [4.69, 9.17) is 4.42 Å². The molecule has 3 rings (SSSR count). The first-order chi connectivity index (χ1) is 13.9. The van der Waals surface area contributed by atoms with Gasteiger partial charge in [-0.05, 0) is 31.2 Å². The summed E-state index contributed by atoms with van der Waals surface area (Å²) in [7, 11) is 1.63. The van der Waals surface area contributed by atoms with Gasteiger partial charge in [-0.25, -0.2) is 0 Å². The molecule has 1 fully saturated rings. The van der Waals surface area contributed by atoms with Crippen LogP contribution in [0.3, 0.4) is 0 Å². The largest absolute Gasteiger partial charge is 0.459 e. The molecule has 0 spiro atoms. The SMILES string of the molecule is Cc1ccc(NC(=O)CN(C)C(=O)C[NH+]2CCN(C(=O)c3ccco3)CC2)cc1. The Bertz CT molecular complexity index is 840. The molecule has 1 aromatic heterocycles. The number of anilines is 1. The molecule has 0 bridgehead atoms. The fourth-order valence-corrected chi connectivity index (χ4v) is 3.25. The van der Waals surface area contributed by atoms with E-state index in [0.29, 0.717) is 44.2 Å². The van der Waals surface area contributed by atoms with Crippen molar-refractivity contribution >= 4 is 23.4 Å². The number of hydrogen-bond donors (Lipinski definition) is 2. The van der Waals surface area contributed by atoms with E-state index in [1.54, 1.807) is 24.1 Å². The van der Waals surface area contributed by atoms with E-state index in [1.165, 1.54) is 11.2 Å². The number of furan rings is 1. The minimum atomic E-state index is -0.228. The summed E-state index contributed by atoms with van der Waals surface area (Å²) in [4.78, 5) is 41.2. The number of nitrogens with zero attached hydrogens (tertiary/aromatic N) is 2. The summed E-state index contributed by atoms with van der Waals surface area (Å²) in [5.41, 5.74) is 1.83. The van der Waals surface area contributed by atoms with Gasteiger partial charge in [0.05, 0.1) is 39.0 Å². The molecule has 0 radical (unpaired) electrons. The predicted molar refractivity (Wildman–Crippen MR) is 108 cm³/mol. The third-order valence-electron chi connectivity index (χ3n) is 5.03. The van der Waals surface area contributed by atoms with Gasteiger partial charge in [0.25, 0.3) is 11.8 Å². The van der Waals surface area contributed by atoms with Crippen LogP contribution in [0.2, 0.25) is 0 Å². The van der Waals surface area contributed by atoms with E-state index >= 15 is 0 Å². The van der Waals surface area contributed by atoms with Crippen molar-refractivity contribution in [3.8, 4) is 0 Å². The van der Waals surface area contributed by atoms with Gasteiger partial charge in [-0.15, -0.1) is 0 Å². The maximum atomic E-state index is 12.5. The summed E-state index contributed by atoms with van der Waals surface area (Å²) in [6, 6.07) is 10.9. The smallest absolute Gasteiger partial charge is 0.289 e. The number of amides is 3. The zero-order valence-corrected chi connectivity index (χ0v) is 16.8. The maximum Gasteiger partial charge on any atom is 0.289 e. The third-order valence-corrected chi connectivity index (χ3v) is 5.03. The molecule has 8 heteroatoms. The van der Waals surface area contributed by atoms with Crippen LogP contribution in [0.25, 0.3) is 0 Å². The number of likely N-dealkylation sites (N-methyl/N-ethyl adjacent to an activating group) is 1. The van der Waals surface area contributed by atoms with Gasteiger partial charge in [0.2, 0.25) is 5.91 Å². The maximum absolute atomic E-state index is 12.5. The first-order valence-electron chi connectivity index (χ1n) is 9.69. The van der Waals surface area contributed by atoms with Gasteiger partial charge >= 0.3 is 0 Å². The molecule has 154 valence electrons. The highest BCUT2D eigenvalue weighted by Crippen LogP contribution is 2.08. The van der Waals surface area contributed by atoms with Gasteiger partial charge in [0.1, 0.15) is 0 Å². The van der Waals surface area contributed by atoms with Gasteiger partial charge < -0.3 is 24.4 Å². The molecule has 29 heavy (non-hydrogen) atoms. The van der Waals surface area contributed by atoms with E-state index in [2.05, 4.69) is 5.32 Å². The summed E-state index contributed by atoms with van der Waals surface area (Å²) in [5, 5.41) is 2.80. The van der Waals surface area contributed by atoms with Crippen molar-refractivity contribution in [1.82, 2.24) is 9.80 Å². The van der Waals surface area contributed by atoms with Crippen LogP contribution >= 0.6 is 0 Å². The lowest BCUT2D eigenvalue weighted by Gasteiger charge is -2.32. The number of hydrogen-bond acceptors (Lipinski definition) is 4. The molecule has 2 N–H and O–H groups in total. The number of aryl methyl sites for hydroxylation is 1. The van der Waals surface area contributed by atoms with Crippen molar-refractivity contribution in [1.29, 1.82) is 0 Å². The van der Waals surface area contributed by atoms with Gasteiger partial charge in [-0.3, -0.25) is 14.4 Å². The van der Waals surface area contributed by atoms with Crippen LogP contribution in [0.15, 0.2) is 47.1 Å². The average Bonchev–Trinajstić information content (AvgIpc) is 3.24. The van der Waals surface area contributed by atoms with Crippen molar-refractivity contribution in [2.75, 3.05) is 51.6 Å². The number of carbonyl (C=O) groups excluding carboxylic acids is 3. The predicted octanol–water partition coefficient (Wildman–Crippen LogP) is 0.0258. The van der Waals surface area contributed by atoms with E-state index in [9.17, 15) is 14.4 Å². The molecule has 1 aliphatic heterocycles. The van der Waals surface area contributed by atoms with E-state index in [-0.39, 0.29) is 24.3 Å². The zero-order valence-electron chi connectivity index (χ0n) is 16.8. The lowest BCUT2D eigenvalue weighted by Crippen LogP contribution is -3.15. The summed E-state index contributed by atoms with van der Waals surface area (Å²) in [6.45, 7) is 4.79. The Morgan fingerprint density at radius 1 is 1.14 bits per heavy atom. The van der Waals surface area contributed by atoms with Crippen molar-refractivity contribution in [3.05, 3.63) is 54.0 Å². The highest BCUT2D eigenvalue weighted by molar-refractivity contribution is 5.94. The van der Waals surface area contributed by atoms with Crippen molar-refractivity contribution < 1.29 is 23.7 Å². The highest BCUT2D eigenvalue weighted by atomic mass is 16.3. The molecule has 3 amide bonds. The second-order valence-electron chi connectivity index (χ2n) is 7.36. The Balaban J connectivity index is 1.41. The first kappa shape index (κ1) is 20.6. The van der Waals surface area contributed by atoms with Crippen LogP contribution in [0.4, 0.5) is 5.69 Å². The van der Waals surface area contributed by atoms with E-state index < -0.39 is 0 Å². The van der Waals surface area contributed by atoms with Crippen LogP contribution in [0.5, 0.6) is 0 Å². The van der Waals surface area contributed by atoms with Crippen LogP contribution in [-0.2, 0) is 9.59 Å². The Morgan fingerprint density at radius 2 is 1.83 bits per heavy atom. The molecule has 1 saturated heterocycles. The van der Waals surface area contributed by atoms with E-state index in [1.807, 2.05) is 31.2 Å². The monoisotopic (exact) mass is 399 g/mol. The fourth-order valence-electron chi connectivity index (χ4n) is 3.25. The van der Waals surface area contributed by atoms with Gasteiger partial charge in [-0.1, -0.05) is 17.7 Å². The molecule has 8 nitrogen and oxygen atoms in total. The van der Waals surface area contributed by atoms with E-state index in [0.717, 1.165) is 10.5 Å². The minimum Gasteiger partial charge on any atom is -0.459 e. The number of nitrogens with one attached hydrogen (secondary N) is 2. The number of piperazine rings is 1. The molecule has 2 heterocycles. The van der Waals surface area contributed by atoms with Crippen molar-refractivity contribution in [2.45, 2.75) is 6.92 Å². The van der Waals surface area contributed by atoms with Crippen molar-refractivity contribution in [3.63, 3.8) is 0 Å². The Hall–Kier alpha value is -3.13. The van der Waals surface area contributed by atoms with Crippen LogP contribution in [0.1, 0.15) is 16.1 Å². The normalized spacial score (nSPS) is 14.5. The summed E-state index contributed by atoms with van der Waals surface area (Å²) in [6.07, 6.45) is 1.48. The Morgan fingerprint density at radius 3 is 2.45 bits per heavy atom. The molecule has 2 aromatic rings. The van der Waals surface area contributed by atoms with Crippen LogP contribution in [0, 0.1) is 6.92 Å². The molecular formula is C21H27N4O4+. The first-order valence-corrected chi connectivity index (χ1v) is 9.69. The number of benzene rings is 1. The highest BCUT2D eigenvalue weighted by Gasteiger charge is 2.28. The quantitative estimate of drug-likeness (QED) is 0.717. The van der Waals surface area contributed by atoms with Gasteiger partial charge in [0, 0.05) is 12.7 Å². The Labute approximate surface area is 170 Å². The van der Waals surface area contributed by atoms with Crippen LogP contribution in [-0.4, -0.2) is 73.8 Å². The molecule has 0 aliphatic carbocycles. The van der Waals surface area contributed by atoms with Gasteiger partial charge in [-0.2, -0.15) is 0 Å². The fraction of sp³-hybridized carbons (Fsp3) is 0.381. The summed E-state index contributed by atoms with van der Waals surface area (Å²) in [5.74, 6) is -0.104. The third kappa shape index (κ3) is 5.68. The topological polar surface area (TPSA) is 87.3 Å². The number of carbonyl (C=O) groups is 3. The molecule has 0 unspecified atom stereocenters. The lowest BCUT2D eigenvalue weighted by molar-refractivity contribution is -0.896.